The summed E-state index contributed by atoms with van der Waals surface area (Å²) in [6.07, 6.45) is 56.6. The van der Waals surface area contributed by atoms with E-state index in [1.807, 2.05) is 0 Å². The van der Waals surface area contributed by atoms with Crippen LogP contribution in [0.15, 0.2) is 48.6 Å². The molecule has 6 heteroatoms. The number of hydrogen-bond acceptors (Lipinski definition) is 6. The Balaban J connectivity index is 4.41. The fourth-order valence-corrected chi connectivity index (χ4v) is 7.08. The molecule has 0 rings (SSSR count). The first-order valence-electron chi connectivity index (χ1n) is 25.2. The summed E-state index contributed by atoms with van der Waals surface area (Å²) in [5.41, 5.74) is 0. The first-order chi connectivity index (χ1) is 29.0. The lowest BCUT2D eigenvalue weighted by molar-refractivity contribution is -0.167. The maximum atomic E-state index is 12.8. The summed E-state index contributed by atoms with van der Waals surface area (Å²) in [6, 6.07) is 0. The highest BCUT2D eigenvalue weighted by Crippen LogP contribution is 2.15. The number of hydrogen-bond donors (Lipinski definition) is 0. The van der Waals surface area contributed by atoms with Crippen LogP contribution in [-0.4, -0.2) is 37.2 Å². The summed E-state index contributed by atoms with van der Waals surface area (Å²) < 4.78 is 16.8. The molecule has 6 nitrogen and oxygen atoms in total. The Hall–Kier alpha value is -2.63. The van der Waals surface area contributed by atoms with Crippen molar-refractivity contribution in [3.8, 4) is 0 Å². The number of unbranched alkanes of at least 4 members (excludes halogenated alkanes) is 28. The van der Waals surface area contributed by atoms with Crippen LogP contribution in [0.4, 0.5) is 0 Å². The summed E-state index contributed by atoms with van der Waals surface area (Å²) in [5, 5.41) is 0. The van der Waals surface area contributed by atoms with E-state index in [1.165, 1.54) is 116 Å². The number of ether oxygens (including phenoxy) is 3. The van der Waals surface area contributed by atoms with Crippen molar-refractivity contribution < 1.29 is 28.6 Å². The van der Waals surface area contributed by atoms with Gasteiger partial charge in [-0.3, -0.25) is 14.4 Å². The molecule has 0 bridgehead atoms. The van der Waals surface area contributed by atoms with Crippen LogP contribution in [0, 0.1) is 0 Å². The van der Waals surface area contributed by atoms with Crippen molar-refractivity contribution in [2.75, 3.05) is 13.2 Å². The molecule has 0 aliphatic carbocycles. The van der Waals surface area contributed by atoms with Crippen molar-refractivity contribution in [3.05, 3.63) is 48.6 Å². The third kappa shape index (κ3) is 46.3. The van der Waals surface area contributed by atoms with Gasteiger partial charge in [-0.1, -0.05) is 217 Å². The fraction of sp³-hybridized carbons (Fsp3) is 0.792. The van der Waals surface area contributed by atoms with Gasteiger partial charge in [-0.15, -0.1) is 0 Å². The summed E-state index contributed by atoms with van der Waals surface area (Å²) in [7, 11) is 0. The molecule has 0 spiro atoms. The second kappa shape index (κ2) is 48.0. The van der Waals surface area contributed by atoms with Gasteiger partial charge >= 0.3 is 17.9 Å². The normalized spacial score (nSPS) is 12.4. The third-order valence-corrected chi connectivity index (χ3v) is 10.9. The number of allylic oxidation sites excluding steroid dienone is 8. The molecule has 0 amide bonds. The standard InChI is InChI=1S/C53H94O6/c1-4-7-10-13-16-19-22-25-28-31-34-37-40-43-46-52(55)58-49-50(48-57-51(54)45-42-39-36-33-30-27-24-21-18-15-12-9-6-3)59-53(56)47-44-41-38-35-32-29-26-23-20-17-14-11-8-5-2/h9,12,15,18,21,24,28,31,50H,4-8,10-11,13-14,16-17,19-20,22-23,25-27,29-30,32-49H2,1-3H3/b12-9-,18-15-,24-21-,31-28-. The molecule has 0 aromatic rings. The van der Waals surface area contributed by atoms with E-state index in [1.54, 1.807) is 0 Å². The summed E-state index contributed by atoms with van der Waals surface area (Å²) in [5.74, 6) is -0.914. The third-order valence-electron chi connectivity index (χ3n) is 10.9. The summed E-state index contributed by atoms with van der Waals surface area (Å²) >= 11 is 0. The molecule has 59 heavy (non-hydrogen) atoms. The van der Waals surface area contributed by atoms with Crippen LogP contribution in [0.1, 0.15) is 252 Å². The number of carbonyl (C=O) groups is 3. The van der Waals surface area contributed by atoms with E-state index in [4.69, 9.17) is 14.2 Å². The van der Waals surface area contributed by atoms with E-state index in [-0.39, 0.29) is 31.1 Å². The molecule has 0 heterocycles. The van der Waals surface area contributed by atoms with Crippen molar-refractivity contribution in [2.45, 2.75) is 258 Å². The SMILES string of the molecule is CC\C=C/C=C\C=C/CCCCCCCC(=O)OCC(COC(=O)CCCCC/C=C\CCCCCCCCC)OC(=O)CCCCCCCCCCCCCCCC. The second-order valence-corrected chi connectivity index (χ2v) is 16.8. The minimum absolute atomic E-state index is 0.0857. The zero-order chi connectivity index (χ0) is 43.0. The van der Waals surface area contributed by atoms with E-state index in [0.29, 0.717) is 19.3 Å². The Morgan fingerprint density at radius 2 is 0.678 bits per heavy atom. The lowest BCUT2D eigenvalue weighted by Crippen LogP contribution is -2.30. The smallest absolute Gasteiger partial charge is 0.306 e. The summed E-state index contributed by atoms with van der Waals surface area (Å²) in [6.45, 7) is 6.48. The Morgan fingerprint density at radius 3 is 1.08 bits per heavy atom. The second-order valence-electron chi connectivity index (χ2n) is 16.8. The molecular weight excluding hydrogens is 733 g/mol. The van der Waals surface area contributed by atoms with Gasteiger partial charge < -0.3 is 14.2 Å². The highest BCUT2D eigenvalue weighted by Gasteiger charge is 2.19. The largest absolute Gasteiger partial charge is 0.462 e. The van der Waals surface area contributed by atoms with Crippen LogP contribution in [0.2, 0.25) is 0 Å². The molecule has 0 N–H and O–H groups in total. The lowest BCUT2D eigenvalue weighted by Gasteiger charge is -2.18. The first-order valence-corrected chi connectivity index (χ1v) is 25.2. The van der Waals surface area contributed by atoms with Gasteiger partial charge in [-0.2, -0.15) is 0 Å². The molecule has 0 aromatic carbocycles. The van der Waals surface area contributed by atoms with Crippen molar-refractivity contribution in [2.24, 2.45) is 0 Å². The van der Waals surface area contributed by atoms with E-state index in [0.717, 1.165) is 96.3 Å². The van der Waals surface area contributed by atoms with Crippen molar-refractivity contribution >= 4 is 17.9 Å². The van der Waals surface area contributed by atoms with Gasteiger partial charge in [0.25, 0.3) is 0 Å². The van der Waals surface area contributed by atoms with Crippen molar-refractivity contribution in [1.29, 1.82) is 0 Å². The van der Waals surface area contributed by atoms with Crippen LogP contribution >= 0.6 is 0 Å². The maximum absolute atomic E-state index is 12.8. The number of rotatable bonds is 45. The minimum atomic E-state index is -0.783. The van der Waals surface area contributed by atoms with Gasteiger partial charge in [0.15, 0.2) is 6.10 Å². The average molecular weight is 827 g/mol. The van der Waals surface area contributed by atoms with E-state index in [9.17, 15) is 14.4 Å². The molecule has 0 aliphatic heterocycles. The molecule has 0 aliphatic rings. The fourth-order valence-electron chi connectivity index (χ4n) is 7.08. The molecule has 342 valence electrons. The quantitative estimate of drug-likeness (QED) is 0.0200. The molecule has 1 atom stereocenters. The molecule has 0 saturated carbocycles. The van der Waals surface area contributed by atoms with Crippen molar-refractivity contribution in [3.63, 3.8) is 0 Å². The van der Waals surface area contributed by atoms with Gasteiger partial charge in [0.05, 0.1) is 0 Å². The van der Waals surface area contributed by atoms with E-state index < -0.39 is 6.10 Å². The Bertz CT molecular complexity index is 1040. The topological polar surface area (TPSA) is 78.9 Å². The number of carbonyl (C=O) groups excluding carboxylic acids is 3. The predicted molar refractivity (Wildman–Crippen MR) is 252 cm³/mol. The van der Waals surface area contributed by atoms with E-state index in [2.05, 4.69) is 69.4 Å². The molecular formula is C53H94O6. The molecule has 0 radical (unpaired) electrons. The minimum Gasteiger partial charge on any atom is -0.462 e. The van der Waals surface area contributed by atoms with Gasteiger partial charge in [0.2, 0.25) is 0 Å². The highest BCUT2D eigenvalue weighted by molar-refractivity contribution is 5.71. The average Bonchev–Trinajstić information content (AvgIpc) is 3.23. The van der Waals surface area contributed by atoms with Crippen LogP contribution in [0.25, 0.3) is 0 Å². The van der Waals surface area contributed by atoms with Gasteiger partial charge in [-0.05, 0) is 64.2 Å². The Kier molecular flexibility index (Phi) is 45.9. The zero-order valence-electron chi connectivity index (χ0n) is 39.0. The zero-order valence-corrected chi connectivity index (χ0v) is 39.0. The van der Waals surface area contributed by atoms with Gasteiger partial charge in [-0.25, -0.2) is 0 Å². The molecule has 1 unspecified atom stereocenters. The van der Waals surface area contributed by atoms with Crippen LogP contribution in [0.3, 0.4) is 0 Å². The van der Waals surface area contributed by atoms with Gasteiger partial charge in [0.1, 0.15) is 13.2 Å². The maximum Gasteiger partial charge on any atom is 0.306 e. The number of esters is 3. The van der Waals surface area contributed by atoms with Crippen LogP contribution in [-0.2, 0) is 28.6 Å². The molecule has 0 aromatic heterocycles. The Labute approximate surface area is 365 Å². The predicted octanol–water partition coefficient (Wildman–Crippen LogP) is 16.3. The molecule has 0 fully saturated rings. The van der Waals surface area contributed by atoms with Crippen LogP contribution < -0.4 is 0 Å². The van der Waals surface area contributed by atoms with Crippen LogP contribution in [0.5, 0.6) is 0 Å². The van der Waals surface area contributed by atoms with E-state index >= 15 is 0 Å². The Morgan fingerprint density at radius 1 is 0.356 bits per heavy atom. The monoisotopic (exact) mass is 827 g/mol. The van der Waals surface area contributed by atoms with Crippen molar-refractivity contribution in [1.82, 2.24) is 0 Å². The molecule has 0 saturated heterocycles. The van der Waals surface area contributed by atoms with Gasteiger partial charge in [0, 0.05) is 19.3 Å². The first kappa shape index (κ1) is 56.4. The highest BCUT2D eigenvalue weighted by atomic mass is 16.6. The summed E-state index contributed by atoms with van der Waals surface area (Å²) in [4.78, 5) is 37.9. The lowest BCUT2D eigenvalue weighted by atomic mass is 10.0.